The number of nitrogens with one attached hydrogen (secondary N) is 1. The maximum Gasteiger partial charge on any atom is 0.416 e. The molecule has 0 aliphatic carbocycles. The van der Waals surface area contributed by atoms with E-state index in [1.165, 1.54) is 0 Å². The normalized spacial score (nSPS) is 11.7. The lowest BCUT2D eigenvalue weighted by Crippen LogP contribution is -2.22. The highest BCUT2D eigenvalue weighted by Gasteiger charge is 2.37. The molecule has 4 nitrogen and oxygen atoms in total. The summed E-state index contributed by atoms with van der Waals surface area (Å²) in [4.78, 5) is 23.6. The van der Waals surface area contributed by atoms with Crippen LogP contribution in [-0.2, 0) is 22.1 Å². The zero-order valence-corrected chi connectivity index (χ0v) is 9.48. The van der Waals surface area contributed by atoms with Crippen molar-refractivity contribution in [1.82, 2.24) is 4.98 Å². The van der Waals surface area contributed by atoms with E-state index < -0.39 is 47.4 Å². The molecule has 0 fully saturated rings. The second kappa shape index (κ2) is 5.37. The number of ether oxygens (including phenoxy) is 1. The zero-order chi connectivity index (χ0) is 14.8. The van der Waals surface area contributed by atoms with Gasteiger partial charge in [-0.2, -0.15) is 13.2 Å². The van der Waals surface area contributed by atoms with Crippen molar-refractivity contribution in [3.63, 3.8) is 0 Å². The van der Waals surface area contributed by atoms with Crippen molar-refractivity contribution in [3.8, 4) is 0 Å². The molecule has 1 N–H and O–H groups in total. The molecular formula is C10H8F5NO3. The molecule has 0 bridgehead atoms. The minimum absolute atomic E-state index is 0.129. The average molecular weight is 285 g/mol. The van der Waals surface area contributed by atoms with E-state index in [4.69, 9.17) is 0 Å². The van der Waals surface area contributed by atoms with Crippen LogP contribution in [0.3, 0.4) is 0 Å². The Morgan fingerprint density at radius 3 is 2.42 bits per heavy atom. The number of rotatable bonds is 3. The molecule has 0 saturated heterocycles. The number of aromatic nitrogens is 1. The van der Waals surface area contributed by atoms with Crippen LogP contribution in [0.15, 0.2) is 10.9 Å². The van der Waals surface area contributed by atoms with E-state index in [1.54, 1.807) is 4.98 Å². The molecule has 0 atom stereocenters. The molecule has 0 aliphatic rings. The number of carbonyl (C=O) groups excluding carboxylic acids is 1. The van der Waals surface area contributed by atoms with Crippen LogP contribution in [0.25, 0.3) is 0 Å². The number of H-pyrrole nitrogens is 1. The van der Waals surface area contributed by atoms with Gasteiger partial charge >= 0.3 is 12.1 Å². The lowest BCUT2D eigenvalue weighted by Gasteiger charge is -2.15. The first kappa shape index (κ1) is 15.1. The molecule has 0 amide bonds. The van der Waals surface area contributed by atoms with Crippen LogP contribution in [-0.4, -0.2) is 18.1 Å². The molecule has 106 valence electrons. The highest BCUT2D eigenvalue weighted by Crippen LogP contribution is 2.34. The third kappa shape index (κ3) is 3.52. The van der Waals surface area contributed by atoms with E-state index in [1.807, 2.05) is 0 Å². The van der Waals surface area contributed by atoms with E-state index in [2.05, 4.69) is 4.74 Å². The molecule has 0 saturated carbocycles. The minimum atomic E-state index is -5.03. The smallest absolute Gasteiger partial charge is 0.416 e. The number of halogens is 5. The molecule has 9 heteroatoms. The first-order valence-corrected chi connectivity index (χ1v) is 4.85. The van der Waals surface area contributed by atoms with Gasteiger partial charge in [0, 0.05) is 11.6 Å². The summed E-state index contributed by atoms with van der Waals surface area (Å²) in [6.07, 6.45) is -9.39. The molecule has 0 spiro atoms. The van der Waals surface area contributed by atoms with Crippen LogP contribution < -0.4 is 5.56 Å². The summed E-state index contributed by atoms with van der Waals surface area (Å²) >= 11 is 0. The zero-order valence-electron chi connectivity index (χ0n) is 9.48. The summed E-state index contributed by atoms with van der Waals surface area (Å²) in [5.41, 5.74) is -5.12. The Balaban J connectivity index is 3.52. The first-order chi connectivity index (χ1) is 8.66. The van der Waals surface area contributed by atoms with Crippen LogP contribution in [0.5, 0.6) is 0 Å². The topological polar surface area (TPSA) is 59.2 Å². The van der Waals surface area contributed by atoms with Crippen molar-refractivity contribution < 1.29 is 31.5 Å². The van der Waals surface area contributed by atoms with Crippen LogP contribution >= 0.6 is 0 Å². The van der Waals surface area contributed by atoms with E-state index in [-0.39, 0.29) is 6.07 Å². The molecule has 1 rings (SSSR count). The largest absolute Gasteiger partial charge is 0.469 e. The monoisotopic (exact) mass is 285 g/mol. The number of hydrogen-bond acceptors (Lipinski definition) is 3. The van der Waals surface area contributed by atoms with Gasteiger partial charge in [0.15, 0.2) is 0 Å². The summed E-state index contributed by atoms with van der Waals surface area (Å²) in [6, 6.07) is 0.129. The molecule has 0 aromatic carbocycles. The van der Waals surface area contributed by atoms with Gasteiger partial charge in [-0.1, -0.05) is 0 Å². The fraction of sp³-hybridized carbons (Fsp3) is 0.400. The number of methoxy groups -OCH3 is 1. The van der Waals surface area contributed by atoms with Crippen LogP contribution in [0.1, 0.15) is 23.2 Å². The summed E-state index contributed by atoms with van der Waals surface area (Å²) < 4.78 is 67.5. The van der Waals surface area contributed by atoms with Gasteiger partial charge in [-0.3, -0.25) is 9.59 Å². The summed E-state index contributed by atoms with van der Waals surface area (Å²) in [5, 5.41) is 0. The highest BCUT2D eigenvalue weighted by atomic mass is 19.4. The van der Waals surface area contributed by atoms with Gasteiger partial charge in [-0.05, 0) is 0 Å². The molecule has 1 aromatic heterocycles. The Morgan fingerprint density at radius 2 is 2.00 bits per heavy atom. The van der Waals surface area contributed by atoms with Gasteiger partial charge in [0.2, 0.25) is 5.56 Å². The molecule has 0 aliphatic heterocycles. The van der Waals surface area contributed by atoms with Crippen molar-refractivity contribution in [2.24, 2.45) is 0 Å². The maximum atomic E-state index is 12.7. The van der Waals surface area contributed by atoms with Crippen LogP contribution in [0.4, 0.5) is 22.0 Å². The Bertz CT molecular complexity index is 535. The Kier molecular flexibility index (Phi) is 4.28. The highest BCUT2D eigenvalue weighted by molar-refractivity contribution is 5.73. The fourth-order valence-corrected chi connectivity index (χ4v) is 1.45. The second-order valence-corrected chi connectivity index (χ2v) is 3.49. The lowest BCUT2D eigenvalue weighted by atomic mass is 10.0. The van der Waals surface area contributed by atoms with E-state index in [0.717, 1.165) is 7.11 Å². The third-order valence-corrected chi connectivity index (χ3v) is 2.26. The van der Waals surface area contributed by atoms with Gasteiger partial charge in [-0.15, -0.1) is 0 Å². The van der Waals surface area contributed by atoms with Gasteiger partial charge in [-0.25, -0.2) is 8.78 Å². The van der Waals surface area contributed by atoms with Crippen LogP contribution in [0.2, 0.25) is 0 Å². The molecular weight excluding hydrogens is 277 g/mol. The van der Waals surface area contributed by atoms with Gasteiger partial charge in [0.1, 0.15) is 0 Å². The Labute approximate surface area is 103 Å². The van der Waals surface area contributed by atoms with Crippen molar-refractivity contribution in [1.29, 1.82) is 0 Å². The predicted octanol–water partition coefficient (Wildman–Crippen LogP) is 2.05. The number of alkyl halides is 5. The van der Waals surface area contributed by atoms with E-state index in [9.17, 15) is 31.5 Å². The van der Waals surface area contributed by atoms with E-state index >= 15 is 0 Å². The third-order valence-electron chi connectivity index (χ3n) is 2.26. The predicted molar refractivity (Wildman–Crippen MR) is 52.7 cm³/mol. The second-order valence-electron chi connectivity index (χ2n) is 3.49. The molecule has 0 radical (unpaired) electrons. The van der Waals surface area contributed by atoms with Crippen LogP contribution in [0, 0.1) is 0 Å². The van der Waals surface area contributed by atoms with Crippen molar-refractivity contribution in [3.05, 3.63) is 33.2 Å². The van der Waals surface area contributed by atoms with Gasteiger partial charge in [0.25, 0.3) is 6.43 Å². The molecule has 19 heavy (non-hydrogen) atoms. The van der Waals surface area contributed by atoms with E-state index in [0.29, 0.717) is 0 Å². The Hall–Kier alpha value is -1.93. The van der Waals surface area contributed by atoms with Crippen molar-refractivity contribution in [2.45, 2.75) is 19.0 Å². The van der Waals surface area contributed by atoms with Gasteiger partial charge in [0.05, 0.1) is 24.8 Å². The van der Waals surface area contributed by atoms with Gasteiger partial charge < -0.3 is 9.72 Å². The summed E-state index contributed by atoms with van der Waals surface area (Å²) in [5.74, 6) is -1.13. The molecule has 0 unspecified atom stereocenters. The van der Waals surface area contributed by atoms with Crippen molar-refractivity contribution >= 4 is 5.97 Å². The first-order valence-electron chi connectivity index (χ1n) is 4.85. The molecule has 1 heterocycles. The number of hydrogen-bond donors (Lipinski definition) is 1. The number of pyridine rings is 1. The minimum Gasteiger partial charge on any atom is -0.469 e. The number of carbonyl (C=O) groups is 1. The standard InChI is InChI=1S/C10H8F5NO3/c1-19-7(18)2-4-5(10(13,14)15)3-6(17)16-8(4)9(11)12/h3,9H,2H2,1H3,(H,16,17). The number of esters is 1. The average Bonchev–Trinajstić information content (AvgIpc) is 2.28. The summed E-state index contributed by atoms with van der Waals surface area (Å²) in [6.45, 7) is 0. The summed E-state index contributed by atoms with van der Waals surface area (Å²) in [7, 11) is 0.906. The van der Waals surface area contributed by atoms with Crippen molar-refractivity contribution in [2.75, 3.05) is 7.11 Å². The quantitative estimate of drug-likeness (QED) is 0.683. The Morgan fingerprint density at radius 1 is 1.42 bits per heavy atom. The number of aromatic amines is 1. The maximum absolute atomic E-state index is 12.7. The SMILES string of the molecule is COC(=O)Cc1c(C(F)(F)F)cc(=O)[nH]c1C(F)F. The lowest BCUT2D eigenvalue weighted by molar-refractivity contribution is -0.141. The molecule has 1 aromatic rings. The fourth-order valence-electron chi connectivity index (χ4n) is 1.45.